The average Bonchev–Trinajstić information content (AvgIpc) is 2.45. The Morgan fingerprint density at radius 3 is 3.36 bits per heavy atom. The highest BCUT2D eigenvalue weighted by atomic mass is 32.1. The summed E-state index contributed by atoms with van der Waals surface area (Å²) >= 11 is 1.55. The summed E-state index contributed by atoms with van der Waals surface area (Å²) in [6.07, 6.45) is 1.12. The van der Waals surface area contributed by atoms with Crippen molar-refractivity contribution in [2.45, 2.75) is 6.23 Å². The van der Waals surface area contributed by atoms with Gasteiger partial charge in [-0.15, -0.1) is 11.3 Å². The third-order valence-electron chi connectivity index (χ3n) is 1.70. The lowest BCUT2D eigenvalue weighted by Crippen LogP contribution is -2.24. The molecule has 2 rings (SSSR count). The van der Waals surface area contributed by atoms with E-state index in [2.05, 4.69) is 4.99 Å². The predicted molar refractivity (Wildman–Crippen MR) is 45.2 cm³/mol. The summed E-state index contributed by atoms with van der Waals surface area (Å²) in [6, 6.07) is 1.90. The quantitative estimate of drug-likeness (QED) is 0.634. The first kappa shape index (κ1) is 6.82. The van der Waals surface area contributed by atoms with Crippen LogP contribution in [0.4, 0.5) is 5.00 Å². The minimum absolute atomic E-state index is 0.520. The molecule has 0 saturated heterocycles. The van der Waals surface area contributed by atoms with Crippen molar-refractivity contribution in [3.63, 3.8) is 0 Å². The van der Waals surface area contributed by atoms with Crippen molar-refractivity contribution in [3.8, 4) is 0 Å². The number of aliphatic hydroxyl groups excluding tert-OH is 1. The summed E-state index contributed by atoms with van der Waals surface area (Å²) in [5.41, 5.74) is 0.903. The van der Waals surface area contributed by atoms with Crippen LogP contribution < -0.4 is 0 Å². The standard InChI is InChI=1S/C7H8N2OS/c1-9-4-8-6-5(7(9)10)2-3-11-6/h2-4,7,10H,1H3. The molecule has 1 aliphatic rings. The molecule has 2 heterocycles. The Morgan fingerprint density at radius 2 is 2.55 bits per heavy atom. The van der Waals surface area contributed by atoms with Crippen LogP contribution in [0.1, 0.15) is 11.8 Å². The van der Waals surface area contributed by atoms with E-state index in [4.69, 9.17) is 0 Å². The molecule has 1 N–H and O–H groups in total. The number of thiophene rings is 1. The fourth-order valence-corrected chi connectivity index (χ4v) is 1.80. The first-order valence-electron chi connectivity index (χ1n) is 3.30. The molecular weight excluding hydrogens is 160 g/mol. The van der Waals surface area contributed by atoms with Crippen LogP contribution in [-0.2, 0) is 0 Å². The van der Waals surface area contributed by atoms with Crippen molar-refractivity contribution >= 4 is 22.7 Å². The van der Waals surface area contributed by atoms with Gasteiger partial charge in [-0.2, -0.15) is 0 Å². The van der Waals surface area contributed by atoms with Gasteiger partial charge in [-0.1, -0.05) is 0 Å². The van der Waals surface area contributed by atoms with Crippen LogP contribution in [0.25, 0.3) is 0 Å². The lowest BCUT2D eigenvalue weighted by molar-refractivity contribution is 0.0714. The van der Waals surface area contributed by atoms with Crippen molar-refractivity contribution < 1.29 is 5.11 Å². The van der Waals surface area contributed by atoms with E-state index in [-0.39, 0.29) is 0 Å². The largest absolute Gasteiger partial charge is 0.369 e. The fourth-order valence-electron chi connectivity index (χ4n) is 1.04. The Labute approximate surface area is 68.6 Å². The normalized spacial score (nSPS) is 22.0. The molecule has 0 aliphatic carbocycles. The lowest BCUT2D eigenvalue weighted by Gasteiger charge is -2.23. The summed E-state index contributed by atoms with van der Waals surface area (Å²) in [5, 5.41) is 12.4. The number of hydrogen-bond acceptors (Lipinski definition) is 4. The van der Waals surface area contributed by atoms with Gasteiger partial charge in [-0.25, -0.2) is 4.99 Å². The number of fused-ring (bicyclic) bond motifs is 1. The summed E-state index contributed by atoms with van der Waals surface area (Å²) in [7, 11) is 1.80. The van der Waals surface area contributed by atoms with Gasteiger partial charge in [-0.05, 0) is 11.4 Å². The number of aliphatic imine (C=N–C) groups is 1. The van der Waals surface area contributed by atoms with Crippen molar-refractivity contribution in [2.24, 2.45) is 4.99 Å². The van der Waals surface area contributed by atoms with Gasteiger partial charge in [0.05, 0.1) is 6.34 Å². The van der Waals surface area contributed by atoms with E-state index >= 15 is 0 Å². The summed E-state index contributed by atoms with van der Waals surface area (Å²) in [4.78, 5) is 5.82. The molecule has 0 fully saturated rings. The Bertz CT molecular complexity index is 294. The van der Waals surface area contributed by atoms with Crippen LogP contribution >= 0.6 is 11.3 Å². The average molecular weight is 168 g/mol. The summed E-state index contributed by atoms with van der Waals surface area (Å²) in [5.74, 6) is 0. The molecule has 1 unspecified atom stereocenters. The molecule has 1 aromatic heterocycles. The van der Waals surface area contributed by atoms with E-state index in [1.54, 1.807) is 29.6 Å². The second-order valence-electron chi connectivity index (χ2n) is 2.46. The van der Waals surface area contributed by atoms with E-state index in [1.165, 1.54) is 0 Å². The van der Waals surface area contributed by atoms with Crippen LogP contribution in [0.3, 0.4) is 0 Å². The Balaban J connectivity index is 2.48. The molecule has 4 heteroatoms. The van der Waals surface area contributed by atoms with Crippen molar-refractivity contribution in [2.75, 3.05) is 7.05 Å². The Morgan fingerprint density at radius 1 is 1.73 bits per heavy atom. The number of hydrogen-bond donors (Lipinski definition) is 1. The first-order chi connectivity index (χ1) is 5.29. The topological polar surface area (TPSA) is 35.8 Å². The van der Waals surface area contributed by atoms with E-state index in [1.807, 2.05) is 11.4 Å². The highest BCUT2D eigenvalue weighted by Crippen LogP contribution is 2.34. The molecule has 3 nitrogen and oxygen atoms in total. The van der Waals surface area contributed by atoms with Crippen LogP contribution in [0.15, 0.2) is 16.4 Å². The second-order valence-corrected chi connectivity index (χ2v) is 3.36. The van der Waals surface area contributed by atoms with Gasteiger partial charge in [-0.3, -0.25) is 0 Å². The van der Waals surface area contributed by atoms with Gasteiger partial charge in [0.15, 0.2) is 6.23 Å². The van der Waals surface area contributed by atoms with Crippen molar-refractivity contribution in [1.29, 1.82) is 0 Å². The van der Waals surface area contributed by atoms with Crippen molar-refractivity contribution in [1.82, 2.24) is 4.90 Å². The molecular formula is C7H8N2OS. The molecule has 0 amide bonds. The Kier molecular flexibility index (Phi) is 1.44. The molecule has 0 aromatic carbocycles. The molecule has 0 spiro atoms. The van der Waals surface area contributed by atoms with Gasteiger partial charge in [0, 0.05) is 12.6 Å². The van der Waals surface area contributed by atoms with Gasteiger partial charge >= 0.3 is 0 Å². The van der Waals surface area contributed by atoms with Crippen LogP contribution in [0.2, 0.25) is 0 Å². The van der Waals surface area contributed by atoms with Gasteiger partial charge in [0.2, 0.25) is 0 Å². The van der Waals surface area contributed by atoms with E-state index in [0.29, 0.717) is 0 Å². The van der Waals surface area contributed by atoms with Gasteiger partial charge in [0.25, 0.3) is 0 Å². The third-order valence-corrected chi connectivity index (χ3v) is 2.53. The van der Waals surface area contributed by atoms with E-state index < -0.39 is 6.23 Å². The minimum atomic E-state index is -0.520. The zero-order valence-electron chi connectivity index (χ0n) is 6.06. The number of rotatable bonds is 0. The molecule has 1 aromatic rings. The van der Waals surface area contributed by atoms with Crippen LogP contribution in [0.5, 0.6) is 0 Å². The van der Waals surface area contributed by atoms with E-state index in [9.17, 15) is 5.11 Å². The Hall–Kier alpha value is -0.870. The zero-order chi connectivity index (χ0) is 7.84. The third kappa shape index (κ3) is 0.948. The lowest BCUT2D eigenvalue weighted by atomic mass is 10.2. The molecule has 58 valence electrons. The zero-order valence-corrected chi connectivity index (χ0v) is 6.88. The highest BCUT2D eigenvalue weighted by molar-refractivity contribution is 7.14. The summed E-state index contributed by atoms with van der Waals surface area (Å²) in [6.45, 7) is 0. The number of nitrogens with zero attached hydrogens (tertiary/aromatic N) is 2. The first-order valence-corrected chi connectivity index (χ1v) is 4.18. The molecule has 1 aliphatic heterocycles. The van der Waals surface area contributed by atoms with E-state index in [0.717, 1.165) is 10.6 Å². The molecule has 0 bridgehead atoms. The monoisotopic (exact) mass is 168 g/mol. The predicted octanol–water partition coefficient (Wildman–Crippen LogP) is 1.34. The fraction of sp³-hybridized carbons (Fsp3) is 0.286. The maximum atomic E-state index is 9.56. The van der Waals surface area contributed by atoms with Crippen LogP contribution in [0, 0.1) is 0 Å². The van der Waals surface area contributed by atoms with Crippen LogP contribution in [-0.4, -0.2) is 23.4 Å². The highest BCUT2D eigenvalue weighted by Gasteiger charge is 2.19. The minimum Gasteiger partial charge on any atom is -0.369 e. The SMILES string of the molecule is CN1C=Nc2sccc2C1O. The van der Waals surface area contributed by atoms with Crippen molar-refractivity contribution in [3.05, 3.63) is 17.0 Å². The van der Waals surface area contributed by atoms with Gasteiger partial charge < -0.3 is 10.0 Å². The molecule has 0 radical (unpaired) electrons. The van der Waals surface area contributed by atoms with Gasteiger partial charge in [0.1, 0.15) is 5.00 Å². The summed E-state index contributed by atoms with van der Waals surface area (Å²) < 4.78 is 0. The number of aliphatic hydroxyl groups is 1. The smallest absolute Gasteiger partial charge is 0.156 e. The molecule has 11 heavy (non-hydrogen) atoms. The second kappa shape index (κ2) is 2.32. The molecule has 0 saturated carbocycles. The maximum Gasteiger partial charge on any atom is 0.156 e. The molecule has 1 atom stereocenters. The maximum absolute atomic E-state index is 9.56.